The summed E-state index contributed by atoms with van der Waals surface area (Å²) in [5, 5.41) is 8.76. The molecule has 0 spiro atoms. The molecule has 0 fully saturated rings. The van der Waals surface area contributed by atoms with Crippen molar-refractivity contribution in [1.82, 2.24) is 0 Å². The van der Waals surface area contributed by atoms with Crippen molar-refractivity contribution in [2.24, 2.45) is 0 Å². The summed E-state index contributed by atoms with van der Waals surface area (Å²) in [6.45, 7) is 6.19. The highest BCUT2D eigenvalue weighted by Gasteiger charge is 1.82. The van der Waals surface area contributed by atoms with Gasteiger partial charge in [0.2, 0.25) is 0 Å². The fraction of sp³-hybridized carbons (Fsp3) is 0.200. The Bertz CT molecular complexity index is 391. The van der Waals surface area contributed by atoms with Gasteiger partial charge in [-0.15, -0.1) is 0 Å². The summed E-state index contributed by atoms with van der Waals surface area (Å²) in [6, 6.07) is 15.5. The van der Waals surface area contributed by atoms with Crippen LogP contribution in [0.15, 0.2) is 48.5 Å². The van der Waals surface area contributed by atoms with Gasteiger partial charge >= 0.3 is 0 Å². The van der Waals surface area contributed by atoms with Crippen molar-refractivity contribution >= 4 is 0 Å². The van der Waals surface area contributed by atoms with E-state index in [1.54, 1.807) is 12.1 Å². The highest BCUT2D eigenvalue weighted by Crippen LogP contribution is 2.07. The monoisotopic (exact) mass is 214 g/mol. The molecule has 2 aromatic rings. The minimum absolute atomic E-state index is 0.329. The van der Waals surface area contributed by atoms with Crippen molar-refractivity contribution in [2.75, 3.05) is 0 Å². The van der Waals surface area contributed by atoms with Gasteiger partial charge in [0.25, 0.3) is 0 Å². The fourth-order valence-corrected chi connectivity index (χ4v) is 1.35. The maximum absolute atomic E-state index is 8.76. The average Bonchev–Trinajstić information content (AvgIpc) is 2.23. The van der Waals surface area contributed by atoms with Crippen LogP contribution >= 0.6 is 0 Å². The smallest absolute Gasteiger partial charge is 0.115 e. The number of rotatable bonds is 0. The summed E-state index contributed by atoms with van der Waals surface area (Å²) in [6.07, 6.45) is 0. The highest BCUT2D eigenvalue weighted by molar-refractivity contribution is 5.24. The molecule has 0 heterocycles. The maximum Gasteiger partial charge on any atom is 0.115 e. The lowest BCUT2D eigenvalue weighted by molar-refractivity contribution is 0.475. The van der Waals surface area contributed by atoms with E-state index >= 15 is 0 Å². The Morgan fingerprint density at radius 3 is 1.50 bits per heavy atom. The minimum Gasteiger partial charge on any atom is -0.508 e. The van der Waals surface area contributed by atoms with Gasteiger partial charge in [-0.2, -0.15) is 0 Å². The molecule has 2 aromatic carbocycles. The Morgan fingerprint density at radius 2 is 1.19 bits per heavy atom. The Kier molecular flexibility index (Phi) is 4.59. The average molecular weight is 214 g/mol. The molecule has 0 bridgehead atoms. The first-order valence-electron chi connectivity index (χ1n) is 5.37. The lowest BCUT2D eigenvalue weighted by Gasteiger charge is -1.90. The van der Waals surface area contributed by atoms with Crippen LogP contribution in [0.2, 0.25) is 0 Å². The van der Waals surface area contributed by atoms with E-state index in [4.69, 9.17) is 5.11 Å². The van der Waals surface area contributed by atoms with E-state index in [1.807, 2.05) is 19.1 Å². The molecule has 1 heteroatoms. The van der Waals surface area contributed by atoms with Crippen LogP contribution < -0.4 is 0 Å². The standard InChI is InChI=1S/C8H10.C7H8O/c1-7-4-3-5-8(2)6-7;1-6-2-4-7(8)5-3-6/h3-6H,1-2H3;2-5,8H,1H3. The van der Waals surface area contributed by atoms with E-state index in [0.29, 0.717) is 5.75 Å². The highest BCUT2D eigenvalue weighted by atomic mass is 16.3. The predicted molar refractivity (Wildman–Crippen MR) is 68.8 cm³/mol. The zero-order valence-corrected chi connectivity index (χ0v) is 10.1. The molecule has 16 heavy (non-hydrogen) atoms. The van der Waals surface area contributed by atoms with Gasteiger partial charge in [-0.05, 0) is 32.9 Å². The fourth-order valence-electron chi connectivity index (χ4n) is 1.35. The van der Waals surface area contributed by atoms with Crippen molar-refractivity contribution in [2.45, 2.75) is 20.8 Å². The van der Waals surface area contributed by atoms with Gasteiger partial charge in [-0.25, -0.2) is 0 Å². The number of phenolic OH excluding ortho intramolecular Hbond substituents is 1. The Labute approximate surface area is 97.4 Å². The van der Waals surface area contributed by atoms with Crippen LogP contribution in [0.3, 0.4) is 0 Å². The first-order valence-corrected chi connectivity index (χ1v) is 5.37. The van der Waals surface area contributed by atoms with Gasteiger partial charge in [-0.3, -0.25) is 0 Å². The summed E-state index contributed by atoms with van der Waals surface area (Å²) in [5.41, 5.74) is 3.85. The molecule has 0 aliphatic heterocycles. The van der Waals surface area contributed by atoms with Gasteiger partial charge in [0, 0.05) is 0 Å². The van der Waals surface area contributed by atoms with Gasteiger partial charge in [0.15, 0.2) is 0 Å². The summed E-state index contributed by atoms with van der Waals surface area (Å²) >= 11 is 0. The van der Waals surface area contributed by atoms with Gasteiger partial charge in [-0.1, -0.05) is 53.1 Å². The van der Waals surface area contributed by atoms with Crippen LogP contribution in [0.4, 0.5) is 0 Å². The topological polar surface area (TPSA) is 20.2 Å². The SMILES string of the molecule is Cc1ccc(O)cc1.Cc1cccc(C)c1. The predicted octanol–water partition coefficient (Wildman–Crippen LogP) is 4.00. The molecule has 0 amide bonds. The second-order valence-corrected chi connectivity index (χ2v) is 3.99. The summed E-state index contributed by atoms with van der Waals surface area (Å²) in [4.78, 5) is 0. The van der Waals surface area contributed by atoms with Crippen LogP contribution in [-0.2, 0) is 0 Å². The number of phenols is 1. The molecule has 0 saturated heterocycles. The maximum atomic E-state index is 8.76. The zero-order chi connectivity index (χ0) is 12.0. The number of hydrogen-bond acceptors (Lipinski definition) is 1. The molecular weight excluding hydrogens is 196 g/mol. The number of aromatic hydroxyl groups is 1. The van der Waals surface area contributed by atoms with Crippen molar-refractivity contribution < 1.29 is 5.11 Å². The van der Waals surface area contributed by atoms with E-state index in [1.165, 1.54) is 16.7 Å². The Morgan fingerprint density at radius 1 is 0.688 bits per heavy atom. The van der Waals surface area contributed by atoms with Crippen molar-refractivity contribution in [1.29, 1.82) is 0 Å². The van der Waals surface area contributed by atoms with Crippen molar-refractivity contribution in [3.8, 4) is 5.75 Å². The first-order chi connectivity index (χ1) is 7.58. The Hall–Kier alpha value is -1.76. The minimum atomic E-state index is 0.329. The second-order valence-electron chi connectivity index (χ2n) is 3.99. The first kappa shape index (κ1) is 12.3. The second kappa shape index (κ2) is 5.96. The molecule has 0 saturated carbocycles. The molecule has 1 nitrogen and oxygen atoms in total. The van der Waals surface area contributed by atoms with Crippen LogP contribution in [0, 0.1) is 20.8 Å². The third-order valence-electron chi connectivity index (χ3n) is 2.21. The van der Waals surface area contributed by atoms with Gasteiger partial charge in [0.05, 0.1) is 0 Å². The lowest BCUT2D eigenvalue weighted by atomic mass is 10.2. The molecule has 0 aliphatic rings. The normalized spacial score (nSPS) is 9.19. The molecule has 0 unspecified atom stereocenters. The number of hydrogen-bond donors (Lipinski definition) is 1. The van der Waals surface area contributed by atoms with Gasteiger partial charge < -0.3 is 5.11 Å². The largest absolute Gasteiger partial charge is 0.508 e. The van der Waals surface area contributed by atoms with Crippen LogP contribution in [-0.4, -0.2) is 5.11 Å². The summed E-state index contributed by atoms with van der Waals surface area (Å²) in [5.74, 6) is 0.329. The van der Waals surface area contributed by atoms with E-state index < -0.39 is 0 Å². The van der Waals surface area contributed by atoms with Crippen LogP contribution in [0.25, 0.3) is 0 Å². The number of benzene rings is 2. The molecular formula is C15H18O. The third-order valence-corrected chi connectivity index (χ3v) is 2.21. The molecule has 0 aromatic heterocycles. The lowest BCUT2D eigenvalue weighted by Crippen LogP contribution is -1.71. The molecule has 0 aliphatic carbocycles. The Balaban J connectivity index is 0.000000160. The number of aryl methyl sites for hydroxylation is 3. The summed E-state index contributed by atoms with van der Waals surface area (Å²) < 4.78 is 0. The zero-order valence-electron chi connectivity index (χ0n) is 10.1. The van der Waals surface area contributed by atoms with Crippen molar-refractivity contribution in [3.05, 3.63) is 65.2 Å². The molecule has 0 atom stereocenters. The molecule has 1 N–H and O–H groups in total. The van der Waals surface area contributed by atoms with Crippen molar-refractivity contribution in [3.63, 3.8) is 0 Å². The van der Waals surface area contributed by atoms with E-state index in [9.17, 15) is 0 Å². The molecule has 2 rings (SSSR count). The molecule has 0 radical (unpaired) electrons. The summed E-state index contributed by atoms with van der Waals surface area (Å²) in [7, 11) is 0. The van der Waals surface area contributed by atoms with Gasteiger partial charge in [0.1, 0.15) is 5.75 Å². The molecule has 84 valence electrons. The van der Waals surface area contributed by atoms with E-state index in [-0.39, 0.29) is 0 Å². The van der Waals surface area contributed by atoms with Crippen LogP contribution in [0.1, 0.15) is 16.7 Å². The quantitative estimate of drug-likeness (QED) is 0.702. The van der Waals surface area contributed by atoms with Crippen LogP contribution in [0.5, 0.6) is 5.75 Å². The van der Waals surface area contributed by atoms with E-state index in [2.05, 4.69) is 38.1 Å². The third kappa shape index (κ3) is 4.65. The van der Waals surface area contributed by atoms with E-state index in [0.717, 1.165) is 0 Å².